The maximum atomic E-state index is 12.3. The Morgan fingerprint density at radius 1 is 1.03 bits per heavy atom. The Bertz CT molecular complexity index is 1350. The second-order valence-electron chi connectivity index (χ2n) is 6.94. The zero-order valence-corrected chi connectivity index (χ0v) is 17.2. The van der Waals surface area contributed by atoms with Gasteiger partial charge in [-0.25, -0.2) is 10.4 Å². The lowest BCUT2D eigenvalue weighted by atomic mass is 10.1. The van der Waals surface area contributed by atoms with Gasteiger partial charge in [0.25, 0.3) is 5.56 Å². The highest BCUT2D eigenvalue weighted by Gasteiger charge is 2.13. The lowest BCUT2D eigenvalue weighted by Gasteiger charge is -2.09. The fourth-order valence-electron chi connectivity index (χ4n) is 3.01. The van der Waals surface area contributed by atoms with Crippen LogP contribution in [0.4, 0.5) is 5.95 Å². The Hall–Kier alpha value is -4.70. The number of aryl methyl sites for hydroxylation is 1. The molecule has 7 heteroatoms. The number of H-pyrrole nitrogens is 1. The van der Waals surface area contributed by atoms with Gasteiger partial charge in [-0.2, -0.15) is 10.4 Å². The van der Waals surface area contributed by atoms with Crippen molar-refractivity contribution >= 4 is 12.2 Å². The molecule has 0 aliphatic rings. The molecule has 0 saturated heterocycles. The number of benzene rings is 3. The molecule has 0 fully saturated rings. The molecule has 0 atom stereocenters. The van der Waals surface area contributed by atoms with Gasteiger partial charge in [0, 0.05) is 11.1 Å². The Morgan fingerprint density at radius 3 is 2.50 bits per heavy atom. The summed E-state index contributed by atoms with van der Waals surface area (Å²) in [7, 11) is 0. The van der Waals surface area contributed by atoms with E-state index in [2.05, 4.69) is 20.5 Å². The van der Waals surface area contributed by atoms with E-state index < -0.39 is 5.56 Å². The summed E-state index contributed by atoms with van der Waals surface area (Å²) in [5.41, 5.74) is 4.98. The van der Waals surface area contributed by atoms with Gasteiger partial charge in [0.15, 0.2) is 0 Å². The molecule has 0 unspecified atom stereocenters. The van der Waals surface area contributed by atoms with Gasteiger partial charge in [-0.3, -0.25) is 9.78 Å². The van der Waals surface area contributed by atoms with Gasteiger partial charge in [0.1, 0.15) is 23.1 Å². The molecule has 32 heavy (non-hydrogen) atoms. The Kier molecular flexibility index (Phi) is 6.05. The third-order valence-corrected chi connectivity index (χ3v) is 4.62. The SMILES string of the molecule is Cc1ccc(Oc2ccccc2C=NNc2nc(-c3ccccc3)c(C#N)c(=O)[nH]2)cc1. The first kappa shape index (κ1) is 20.6. The fraction of sp³-hybridized carbons (Fsp3) is 0.0400. The van der Waals surface area contributed by atoms with Crippen LogP contribution in [0.3, 0.4) is 0 Å². The van der Waals surface area contributed by atoms with Crippen LogP contribution in [0.2, 0.25) is 0 Å². The zero-order valence-electron chi connectivity index (χ0n) is 17.2. The van der Waals surface area contributed by atoms with Gasteiger partial charge in [0.2, 0.25) is 5.95 Å². The molecule has 1 heterocycles. The van der Waals surface area contributed by atoms with E-state index in [-0.39, 0.29) is 17.2 Å². The third-order valence-electron chi connectivity index (χ3n) is 4.62. The van der Waals surface area contributed by atoms with E-state index in [1.165, 1.54) is 0 Å². The molecule has 7 nitrogen and oxygen atoms in total. The number of nitrogens with one attached hydrogen (secondary N) is 2. The zero-order chi connectivity index (χ0) is 22.3. The molecule has 0 aliphatic heterocycles. The number of hydrazone groups is 1. The van der Waals surface area contributed by atoms with Crippen LogP contribution in [0, 0.1) is 18.3 Å². The van der Waals surface area contributed by atoms with Gasteiger partial charge < -0.3 is 4.74 Å². The smallest absolute Gasteiger partial charge is 0.270 e. The van der Waals surface area contributed by atoms with Crippen LogP contribution >= 0.6 is 0 Å². The van der Waals surface area contributed by atoms with Crippen LogP contribution < -0.4 is 15.7 Å². The van der Waals surface area contributed by atoms with Gasteiger partial charge in [-0.05, 0) is 31.2 Å². The van der Waals surface area contributed by atoms with E-state index in [1.54, 1.807) is 18.3 Å². The van der Waals surface area contributed by atoms with E-state index >= 15 is 0 Å². The molecule has 0 spiro atoms. The molecule has 4 aromatic rings. The Morgan fingerprint density at radius 2 is 1.75 bits per heavy atom. The lowest BCUT2D eigenvalue weighted by molar-refractivity contribution is 0.482. The number of nitrogens with zero attached hydrogens (tertiary/aromatic N) is 3. The molecule has 0 amide bonds. The summed E-state index contributed by atoms with van der Waals surface area (Å²) in [4.78, 5) is 19.3. The van der Waals surface area contributed by atoms with E-state index in [0.29, 0.717) is 11.3 Å². The number of ether oxygens (including phenoxy) is 1. The number of anilines is 1. The van der Waals surface area contributed by atoms with E-state index in [0.717, 1.165) is 16.9 Å². The minimum atomic E-state index is -0.540. The molecule has 2 N–H and O–H groups in total. The van der Waals surface area contributed by atoms with Crippen LogP contribution in [0.15, 0.2) is 88.8 Å². The van der Waals surface area contributed by atoms with E-state index in [4.69, 9.17) is 4.74 Å². The van der Waals surface area contributed by atoms with E-state index in [1.807, 2.05) is 79.7 Å². The molecule has 4 rings (SSSR count). The van der Waals surface area contributed by atoms with Gasteiger partial charge in [0.05, 0.1) is 11.9 Å². The maximum Gasteiger partial charge on any atom is 0.270 e. The topological polar surface area (TPSA) is 103 Å². The molecular weight excluding hydrogens is 402 g/mol. The Labute approximate surface area is 184 Å². The van der Waals surface area contributed by atoms with Crippen molar-refractivity contribution in [2.24, 2.45) is 5.10 Å². The van der Waals surface area contributed by atoms with E-state index in [9.17, 15) is 10.1 Å². The first-order valence-corrected chi connectivity index (χ1v) is 9.86. The molecule has 0 bridgehead atoms. The first-order chi connectivity index (χ1) is 15.6. The van der Waals surface area contributed by atoms with Crippen LogP contribution in [-0.2, 0) is 0 Å². The summed E-state index contributed by atoms with van der Waals surface area (Å²) in [6, 6.07) is 26.2. The summed E-state index contributed by atoms with van der Waals surface area (Å²) in [5.74, 6) is 1.48. The molecule has 0 aliphatic carbocycles. The lowest BCUT2D eigenvalue weighted by Crippen LogP contribution is -2.16. The third kappa shape index (κ3) is 4.71. The monoisotopic (exact) mass is 421 g/mol. The number of rotatable bonds is 6. The minimum Gasteiger partial charge on any atom is -0.457 e. The number of hydrogen-bond acceptors (Lipinski definition) is 6. The average Bonchev–Trinajstić information content (AvgIpc) is 2.82. The Balaban J connectivity index is 1.58. The normalized spacial score (nSPS) is 10.6. The van der Waals surface area contributed by atoms with Crippen LogP contribution in [0.25, 0.3) is 11.3 Å². The van der Waals surface area contributed by atoms with Crippen molar-refractivity contribution in [1.29, 1.82) is 5.26 Å². The van der Waals surface area contributed by atoms with Crippen LogP contribution in [-0.4, -0.2) is 16.2 Å². The summed E-state index contributed by atoms with van der Waals surface area (Å²) >= 11 is 0. The minimum absolute atomic E-state index is 0.0532. The summed E-state index contributed by atoms with van der Waals surface area (Å²) < 4.78 is 5.97. The predicted molar refractivity (Wildman–Crippen MR) is 124 cm³/mol. The van der Waals surface area contributed by atoms with Gasteiger partial charge in [-0.1, -0.05) is 60.2 Å². The molecule has 156 valence electrons. The quantitative estimate of drug-likeness (QED) is 0.342. The number of hydrogen-bond donors (Lipinski definition) is 2. The maximum absolute atomic E-state index is 12.3. The molecule has 0 saturated carbocycles. The molecule has 3 aromatic carbocycles. The molecule has 1 aromatic heterocycles. The summed E-state index contributed by atoms with van der Waals surface area (Å²) in [6.45, 7) is 2.01. The average molecular weight is 421 g/mol. The second-order valence-corrected chi connectivity index (χ2v) is 6.94. The van der Waals surface area contributed by atoms with Crippen molar-refractivity contribution in [2.75, 3.05) is 5.43 Å². The highest BCUT2D eigenvalue weighted by molar-refractivity contribution is 5.84. The standard InChI is InChI=1S/C25H19N5O2/c1-17-11-13-20(14-12-17)32-22-10-6-5-9-19(22)16-27-30-25-28-23(18-7-3-2-4-8-18)21(15-26)24(31)29-25/h2-14,16H,1H3,(H2,28,29,30,31). The number of para-hydroxylation sites is 1. The highest BCUT2D eigenvalue weighted by Crippen LogP contribution is 2.24. The molecular formula is C25H19N5O2. The second kappa shape index (κ2) is 9.41. The summed E-state index contributed by atoms with van der Waals surface area (Å²) in [5, 5.41) is 13.6. The fourth-order valence-corrected chi connectivity index (χ4v) is 3.01. The molecule has 0 radical (unpaired) electrons. The van der Waals surface area contributed by atoms with Crippen molar-refractivity contribution in [2.45, 2.75) is 6.92 Å². The number of nitriles is 1. The van der Waals surface area contributed by atoms with Gasteiger partial charge >= 0.3 is 0 Å². The predicted octanol–water partition coefficient (Wildman–Crippen LogP) is 4.86. The largest absolute Gasteiger partial charge is 0.457 e. The van der Waals surface area contributed by atoms with Crippen molar-refractivity contribution in [1.82, 2.24) is 9.97 Å². The van der Waals surface area contributed by atoms with Crippen molar-refractivity contribution in [3.05, 3.63) is 106 Å². The van der Waals surface area contributed by atoms with Crippen molar-refractivity contribution in [3.63, 3.8) is 0 Å². The number of aromatic nitrogens is 2. The highest BCUT2D eigenvalue weighted by atomic mass is 16.5. The van der Waals surface area contributed by atoms with Crippen molar-refractivity contribution in [3.8, 4) is 28.8 Å². The van der Waals surface area contributed by atoms with Gasteiger partial charge in [-0.15, -0.1) is 0 Å². The van der Waals surface area contributed by atoms with Crippen LogP contribution in [0.5, 0.6) is 11.5 Å². The number of aromatic amines is 1. The first-order valence-electron chi connectivity index (χ1n) is 9.86. The summed E-state index contributed by atoms with van der Waals surface area (Å²) in [6.07, 6.45) is 1.57. The van der Waals surface area contributed by atoms with Crippen LogP contribution in [0.1, 0.15) is 16.7 Å². The van der Waals surface area contributed by atoms with Crippen molar-refractivity contribution < 1.29 is 4.74 Å².